The minimum atomic E-state index is -0.905. The molecule has 0 radical (unpaired) electrons. The van der Waals surface area contributed by atoms with Gasteiger partial charge in [-0.1, -0.05) is 11.6 Å². The van der Waals surface area contributed by atoms with Crippen molar-refractivity contribution in [2.45, 2.75) is 13.8 Å². The molecule has 9 heteroatoms. The zero-order valence-corrected chi connectivity index (χ0v) is 10.7. The van der Waals surface area contributed by atoms with Crippen LogP contribution >= 0.6 is 11.6 Å². The summed E-state index contributed by atoms with van der Waals surface area (Å²) in [6.45, 7) is 2.31. The molecule has 0 aliphatic rings. The van der Waals surface area contributed by atoms with Gasteiger partial charge in [0.1, 0.15) is 5.69 Å². The normalized spacial score (nSPS) is 9.84. The summed E-state index contributed by atoms with van der Waals surface area (Å²) >= 11 is 5.80. The summed E-state index contributed by atoms with van der Waals surface area (Å²) in [7, 11) is 0. The smallest absolute Gasteiger partial charge is 0.337 e. The van der Waals surface area contributed by atoms with Crippen molar-refractivity contribution in [3.8, 4) is 5.75 Å². The number of rotatable bonds is 3. The first-order valence-electron chi connectivity index (χ1n) is 4.99. The van der Waals surface area contributed by atoms with E-state index in [-0.39, 0.29) is 16.4 Å². The van der Waals surface area contributed by atoms with E-state index in [1.165, 1.54) is 6.92 Å². The monoisotopic (exact) mass is 287 g/mol. The number of nitro benzene ring substituents is 1. The summed E-state index contributed by atoms with van der Waals surface area (Å²) < 4.78 is 0. The first kappa shape index (κ1) is 14.7. The van der Waals surface area contributed by atoms with Crippen LogP contribution in [0, 0.1) is 10.1 Å². The molecule has 0 heterocycles. The zero-order chi connectivity index (χ0) is 14.7. The predicted octanol–water partition coefficient (Wildman–Crippen LogP) is 1.87. The Morgan fingerprint density at radius 3 is 2.26 bits per heavy atom. The van der Waals surface area contributed by atoms with Crippen LogP contribution < -0.4 is 10.6 Å². The molecule has 102 valence electrons. The van der Waals surface area contributed by atoms with E-state index in [1.807, 2.05) is 0 Å². The molecule has 0 spiro atoms. The molecule has 3 N–H and O–H groups in total. The highest BCUT2D eigenvalue weighted by Crippen LogP contribution is 2.44. The molecule has 0 aromatic heterocycles. The lowest BCUT2D eigenvalue weighted by molar-refractivity contribution is -0.384. The van der Waals surface area contributed by atoms with Gasteiger partial charge in [-0.3, -0.25) is 19.7 Å². The van der Waals surface area contributed by atoms with Crippen LogP contribution in [-0.4, -0.2) is 21.8 Å². The standard InChI is InChI=1S/C10H10ClN3O5/c1-4(15)12-7-3-6(11)8(13-5(2)16)9(10(7)17)14(18)19/h3,17H,1-2H3,(H,12,15)(H,13,16). The van der Waals surface area contributed by atoms with E-state index in [1.54, 1.807) is 0 Å². The van der Waals surface area contributed by atoms with E-state index in [2.05, 4.69) is 10.6 Å². The third kappa shape index (κ3) is 3.32. The molecule has 0 saturated carbocycles. The SMILES string of the molecule is CC(=O)Nc1cc(Cl)c(NC(C)=O)c([N+](=O)[O-])c1O. The van der Waals surface area contributed by atoms with Crippen LogP contribution in [0.2, 0.25) is 5.02 Å². The number of phenolic OH excluding ortho intramolecular Hbond substituents is 1. The van der Waals surface area contributed by atoms with Crippen molar-refractivity contribution in [2.24, 2.45) is 0 Å². The molecule has 0 unspecified atom stereocenters. The highest BCUT2D eigenvalue weighted by Gasteiger charge is 2.27. The number of anilines is 2. The Morgan fingerprint density at radius 2 is 1.84 bits per heavy atom. The number of hydrogen-bond acceptors (Lipinski definition) is 5. The maximum atomic E-state index is 11.0. The average molecular weight is 288 g/mol. The van der Waals surface area contributed by atoms with Crippen molar-refractivity contribution in [3.05, 3.63) is 21.2 Å². The molecule has 19 heavy (non-hydrogen) atoms. The fourth-order valence-corrected chi connectivity index (χ4v) is 1.63. The summed E-state index contributed by atoms with van der Waals surface area (Å²) in [5.41, 5.74) is -1.32. The van der Waals surface area contributed by atoms with Crippen molar-refractivity contribution < 1.29 is 19.6 Å². The van der Waals surface area contributed by atoms with Crippen LogP contribution in [0.25, 0.3) is 0 Å². The topological polar surface area (TPSA) is 122 Å². The lowest BCUT2D eigenvalue weighted by Crippen LogP contribution is -2.11. The molecule has 1 aromatic rings. The Morgan fingerprint density at radius 1 is 1.32 bits per heavy atom. The summed E-state index contributed by atoms with van der Waals surface area (Å²) in [6.07, 6.45) is 0. The Kier molecular flexibility index (Phi) is 4.28. The highest BCUT2D eigenvalue weighted by molar-refractivity contribution is 6.35. The van der Waals surface area contributed by atoms with Crippen LogP contribution in [0.4, 0.5) is 17.1 Å². The number of nitro groups is 1. The van der Waals surface area contributed by atoms with E-state index >= 15 is 0 Å². The van der Waals surface area contributed by atoms with Gasteiger partial charge in [0.25, 0.3) is 0 Å². The minimum absolute atomic E-state index is 0.177. The second-order valence-electron chi connectivity index (χ2n) is 3.60. The molecule has 1 aromatic carbocycles. The van der Waals surface area contributed by atoms with Gasteiger partial charge in [0, 0.05) is 13.8 Å². The molecule has 0 saturated heterocycles. The van der Waals surface area contributed by atoms with Crippen LogP contribution in [0.5, 0.6) is 5.75 Å². The molecule has 1 rings (SSSR count). The Bertz CT molecular complexity index is 573. The number of carbonyl (C=O) groups is 2. The molecule has 0 fully saturated rings. The molecular formula is C10H10ClN3O5. The third-order valence-corrected chi connectivity index (χ3v) is 2.32. The Balaban J connectivity index is 3.50. The predicted molar refractivity (Wildman–Crippen MR) is 68.4 cm³/mol. The number of halogens is 1. The van der Waals surface area contributed by atoms with Gasteiger partial charge in [0.2, 0.25) is 17.6 Å². The average Bonchev–Trinajstić information content (AvgIpc) is 2.23. The molecule has 0 aliphatic carbocycles. The first-order valence-corrected chi connectivity index (χ1v) is 5.36. The summed E-state index contributed by atoms with van der Waals surface area (Å²) in [5.74, 6) is -1.90. The van der Waals surface area contributed by atoms with E-state index in [0.29, 0.717) is 0 Å². The second-order valence-corrected chi connectivity index (χ2v) is 4.00. The molecule has 0 aliphatic heterocycles. The maximum Gasteiger partial charge on any atom is 0.337 e. The van der Waals surface area contributed by atoms with Gasteiger partial charge in [-0.25, -0.2) is 0 Å². The summed E-state index contributed by atoms with van der Waals surface area (Å²) in [4.78, 5) is 31.9. The Labute approximate surface area is 112 Å². The van der Waals surface area contributed by atoms with E-state index in [4.69, 9.17) is 11.6 Å². The van der Waals surface area contributed by atoms with E-state index in [0.717, 1.165) is 13.0 Å². The highest BCUT2D eigenvalue weighted by atomic mass is 35.5. The van der Waals surface area contributed by atoms with Crippen LogP contribution in [0.1, 0.15) is 13.8 Å². The van der Waals surface area contributed by atoms with Gasteiger partial charge in [0.15, 0.2) is 0 Å². The van der Waals surface area contributed by atoms with Crippen LogP contribution in [0.15, 0.2) is 6.07 Å². The summed E-state index contributed by atoms with van der Waals surface area (Å²) in [5, 5.41) is 24.9. The van der Waals surface area contributed by atoms with E-state index < -0.39 is 28.2 Å². The largest absolute Gasteiger partial charge is 0.501 e. The van der Waals surface area contributed by atoms with Gasteiger partial charge in [-0.05, 0) is 6.07 Å². The van der Waals surface area contributed by atoms with Crippen LogP contribution in [0.3, 0.4) is 0 Å². The molecule has 0 bridgehead atoms. The quantitative estimate of drug-likeness (QED) is 0.445. The first-order chi connectivity index (χ1) is 8.73. The number of carbonyl (C=O) groups excluding carboxylic acids is 2. The number of hydrogen-bond donors (Lipinski definition) is 3. The fourth-order valence-electron chi connectivity index (χ4n) is 1.38. The molecule has 0 atom stereocenters. The third-order valence-electron chi connectivity index (χ3n) is 2.02. The Hall–Kier alpha value is -2.35. The lowest BCUT2D eigenvalue weighted by Gasteiger charge is -2.11. The van der Waals surface area contributed by atoms with Crippen molar-refractivity contribution in [1.29, 1.82) is 0 Å². The molecule has 2 amide bonds. The van der Waals surface area contributed by atoms with Gasteiger partial charge in [-0.15, -0.1) is 0 Å². The van der Waals surface area contributed by atoms with Gasteiger partial charge in [0.05, 0.1) is 15.6 Å². The number of aromatic hydroxyl groups is 1. The lowest BCUT2D eigenvalue weighted by atomic mass is 10.2. The number of nitrogens with zero attached hydrogens (tertiary/aromatic N) is 1. The number of benzene rings is 1. The van der Waals surface area contributed by atoms with Crippen molar-refractivity contribution in [3.63, 3.8) is 0 Å². The van der Waals surface area contributed by atoms with Gasteiger partial charge in [-0.2, -0.15) is 0 Å². The van der Waals surface area contributed by atoms with E-state index in [9.17, 15) is 24.8 Å². The van der Waals surface area contributed by atoms with Crippen molar-refractivity contribution in [1.82, 2.24) is 0 Å². The van der Waals surface area contributed by atoms with Crippen molar-refractivity contribution >= 4 is 40.5 Å². The number of amides is 2. The maximum absolute atomic E-state index is 11.0. The molecule has 8 nitrogen and oxygen atoms in total. The van der Waals surface area contributed by atoms with Crippen LogP contribution in [-0.2, 0) is 9.59 Å². The number of nitrogens with one attached hydrogen (secondary N) is 2. The number of phenols is 1. The zero-order valence-electron chi connectivity index (χ0n) is 9.98. The van der Waals surface area contributed by atoms with Gasteiger partial charge < -0.3 is 15.7 Å². The van der Waals surface area contributed by atoms with Crippen molar-refractivity contribution in [2.75, 3.05) is 10.6 Å². The fraction of sp³-hybridized carbons (Fsp3) is 0.200. The summed E-state index contributed by atoms with van der Waals surface area (Å²) in [6, 6.07) is 1.11. The second kappa shape index (κ2) is 5.53. The molecular weight excluding hydrogens is 278 g/mol. The van der Waals surface area contributed by atoms with Gasteiger partial charge >= 0.3 is 5.69 Å². The minimum Gasteiger partial charge on any atom is -0.501 e.